The number of carbonyl (C=O) groups excluding carboxylic acids is 2. The van der Waals surface area contributed by atoms with Crippen molar-refractivity contribution < 1.29 is 18.0 Å². The molecule has 37 heavy (non-hydrogen) atoms. The van der Waals surface area contributed by atoms with E-state index in [4.69, 9.17) is 23.2 Å². The third-order valence-electron chi connectivity index (χ3n) is 5.57. The minimum absolute atomic E-state index is 0.00760. The Labute approximate surface area is 235 Å². The lowest BCUT2D eigenvalue weighted by molar-refractivity contribution is -0.139. The van der Waals surface area contributed by atoms with Crippen LogP contribution in [0.25, 0.3) is 0 Å². The summed E-state index contributed by atoms with van der Waals surface area (Å²) in [6.45, 7) is 3.24. The van der Waals surface area contributed by atoms with E-state index in [0.717, 1.165) is 14.3 Å². The quantitative estimate of drug-likeness (QED) is 0.322. The number of anilines is 1. The van der Waals surface area contributed by atoms with Crippen LogP contribution in [0.4, 0.5) is 5.69 Å². The van der Waals surface area contributed by atoms with Crippen molar-refractivity contribution in [2.75, 3.05) is 17.4 Å². The summed E-state index contributed by atoms with van der Waals surface area (Å²) in [5, 5.41) is 2.86. The maximum Gasteiger partial charge on any atom is 0.264 e. The van der Waals surface area contributed by atoms with Gasteiger partial charge in [0.05, 0.1) is 20.6 Å². The number of hydrogen-bond donors (Lipinski definition) is 1. The third kappa shape index (κ3) is 7.04. The molecule has 0 saturated heterocycles. The van der Waals surface area contributed by atoms with Crippen molar-refractivity contribution >= 4 is 66.7 Å². The average molecular weight is 627 g/mol. The Bertz CT molecular complexity index is 1370. The molecule has 7 nitrogen and oxygen atoms in total. The number of hydrogen-bond acceptors (Lipinski definition) is 4. The minimum atomic E-state index is -4.22. The second kappa shape index (κ2) is 12.8. The molecule has 3 aromatic carbocycles. The van der Waals surface area contributed by atoms with E-state index < -0.39 is 28.5 Å². The highest BCUT2D eigenvalue weighted by molar-refractivity contribution is 9.10. The van der Waals surface area contributed by atoms with E-state index in [9.17, 15) is 18.0 Å². The summed E-state index contributed by atoms with van der Waals surface area (Å²) in [5.41, 5.74) is 0.816. The van der Waals surface area contributed by atoms with Crippen LogP contribution in [0.5, 0.6) is 0 Å². The van der Waals surface area contributed by atoms with Gasteiger partial charge in [0.15, 0.2) is 0 Å². The summed E-state index contributed by atoms with van der Waals surface area (Å²) in [4.78, 5) is 27.9. The molecule has 0 fully saturated rings. The fourth-order valence-corrected chi connectivity index (χ4v) is 6.00. The number of sulfonamides is 1. The molecular formula is C26H26BrCl2N3O4S. The van der Waals surface area contributed by atoms with Gasteiger partial charge in [-0.05, 0) is 55.8 Å². The molecular weight excluding hydrogens is 601 g/mol. The fourth-order valence-electron chi connectivity index (χ4n) is 3.65. The number of likely N-dealkylation sites (N-methyl/N-ethyl adjacent to an activating group) is 1. The van der Waals surface area contributed by atoms with E-state index in [1.165, 1.54) is 29.2 Å². The highest BCUT2D eigenvalue weighted by atomic mass is 79.9. The van der Waals surface area contributed by atoms with E-state index in [1.807, 2.05) is 24.3 Å². The molecule has 0 saturated carbocycles. The molecule has 1 N–H and O–H groups in total. The largest absolute Gasteiger partial charge is 0.355 e. The number of nitrogens with one attached hydrogen (secondary N) is 1. The zero-order chi connectivity index (χ0) is 27.2. The van der Waals surface area contributed by atoms with Gasteiger partial charge in [0.2, 0.25) is 11.8 Å². The van der Waals surface area contributed by atoms with Gasteiger partial charge in [-0.1, -0.05) is 75.5 Å². The zero-order valence-electron chi connectivity index (χ0n) is 20.2. The first-order valence-corrected chi connectivity index (χ1v) is 14.4. The molecule has 11 heteroatoms. The second-order valence-corrected chi connectivity index (χ2v) is 11.7. The fraction of sp³-hybridized carbons (Fsp3) is 0.231. The minimum Gasteiger partial charge on any atom is -0.355 e. The van der Waals surface area contributed by atoms with Crippen LogP contribution < -0.4 is 9.62 Å². The normalized spacial score (nSPS) is 12.0. The highest BCUT2D eigenvalue weighted by Gasteiger charge is 2.33. The predicted molar refractivity (Wildman–Crippen MR) is 150 cm³/mol. The first-order valence-electron chi connectivity index (χ1n) is 11.4. The van der Waals surface area contributed by atoms with Crippen LogP contribution in [0.3, 0.4) is 0 Å². The summed E-state index contributed by atoms with van der Waals surface area (Å²) < 4.78 is 29.2. The van der Waals surface area contributed by atoms with Gasteiger partial charge in [-0.2, -0.15) is 0 Å². The van der Waals surface area contributed by atoms with Gasteiger partial charge in [-0.15, -0.1) is 0 Å². The summed E-state index contributed by atoms with van der Waals surface area (Å²) in [7, 11) is -4.22. The van der Waals surface area contributed by atoms with Crippen molar-refractivity contribution in [3.63, 3.8) is 0 Å². The van der Waals surface area contributed by atoms with Crippen molar-refractivity contribution in [3.8, 4) is 0 Å². The second-order valence-electron chi connectivity index (χ2n) is 8.12. The molecule has 0 bridgehead atoms. The zero-order valence-corrected chi connectivity index (χ0v) is 24.1. The molecule has 0 heterocycles. The molecule has 0 aliphatic carbocycles. The van der Waals surface area contributed by atoms with Crippen LogP contribution in [-0.4, -0.2) is 44.3 Å². The van der Waals surface area contributed by atoms with E-state index in [1.54, 1.807) is 38.1 Å². The Kier molecular flexibility index (Phi) is 10.0. The Morgan fingerprint density at radius 1 is 1.00 bits per heavy atom. The van der Waals surface area contributed by atoms with Crippen molar-refractivity contribution in [2.45, 2.75) is 31.3 Å². The number of halogens is 3. The van der Waals surface area contributed by atoms with Gasteiger partial charge >= 0.3 is 0 Å². The van der Waals surface area contributed by atoms with Crippen LogP contribution in [0.15, 0.2) is 82.2 Å². The lowest BCUT2D eigenvalue weighted by atomic mass is 10.1. The molecule has 3 aromatic rings. The lowest BCUT2D eigenvalue weighted by Gasteiger charge is -2.32. The Balaban J connectivity index is 2.07. The van der Waals surface area contributed by atoms with E-state index in [-0.39, 0.29) is 33.1 Å². The first kappa shape index (κ1) is 29.0. The smallest absolute Gasteiger partial charge is 0.264 e. The molecule has 0 radical (unpaired) electrons. The van der Waals surface area contributed by atoms with Gasteiger partial charge in [0.25, 0.3) is 10.0 Å². The number of nitrogens with zero attached hydrogens (tertiary/aromatic N) is 2. The van der Waals surface area contributed by atoms with Crippen LogP contribution in [0.2, 0.25) is 10.0 Å². The van der Waals surface area contributed by atoms with Gasteiger partial charge < -0.3 is 10.2 Å². The van der Waals surface area contributed by atoms with E-state index in [0.29, 0.717) is 6.54 Å². The molecule has 1 unspecified atom stereocenters. The number of amides is 2. The average Bonchev–Trinajstić information content (AvgIpc) is 2.88. The van der Waals surface area contributed by atoms with Crippen LogP contribution in [0.1, 0.15) is 19.4 Å². The van der Waals surface area contributed by atoms with Crippen molar-refractivity contribution in [3.05, 3.63) is 92.9 Å². The summed E-state index contributed by atoms with van der Waals surface area (Å²) in [6.07, 6.45) is 0. The lowest BCUT2D eigenvalue weighted by Crippen LogP contribution is -2.51. The highest BCUT2D eigenvalue weighted by Crippen LogP contribution is 2.35. The summed E-state index contributed by atoms with van der Waals surface area (Å²) in [6, 6.07) is 18.7. The van der Waals surface area contributed by atoms with Crippen LogP contribution in [0, 0.1) is 0 Å². The van der Waals surface area contributed by atoms with Gasteiger partial charge in [0.1, 0.15) is 12.6 Å². The summed E-state index contributed by atoms with van der Waals surface area (Å²) in [5.74, 6) is -0.946. The molecule has 1 atom stereocenters. The maximum atomic E-state index is 13.8. The standard InChI is InChI=1S/C26H26BrCl2N3O4S/c1-3-30-26(34)18(2)31(16-19-9-7-10-20(27)15-19)24(33)17-32(23-14-8-13-22(28)25(23)29)37(35,36)21-11-5-4-6-12-21/h4-15,18H,3,16-17H2,1-2H3,(H,30,34). The van der Waals surface area contributed by atoms with Crippen molar-refractivity contribution in [2.24, 2.45) is 0 Å². The van der Waals surface area contributed by atoms with Crippen molar-refractivity contribution in [1.82, 2.24) is 10.2 Å². The monoisotopic (exact) mass is 625 g/mol. The molecule has 196 valence electrons. The molecule has 0 aliphatic heterocycles. The Morgan fingerprint density at radius 3 is 2.32 bits per heavy atom. The maximum absolute atomic E-state index is 13.8. The SMILES string of the molecule is CCNC(=O)C(C)N(Cc1cccc(Br)c1)C(=O)CN(c1cccc(Cl)c1Cl)S(=O)(=O)c1ccccc1. The Hall–Kier alpha value is -2.59. The number of rotatable bonds is 10. The molecule has 0 aliphatic rings. The predicted octanol–water partition coefficient (Wildman–Crippen LogP) is 5.50. The Morgan fingerprint density at radius 2 is 1.68 bits per heavy atom. The molecule has 0 spiro atoms. The number of carbonyl (C=O) groups is 2. The third-order valence-corrected chi connectivity index (χ3v) is 8.65. The molecule has 0 aromatic heterocycles. The van der Waals surface area contributed by atoms with Gasteiger partial charge in [-0.3, -0.25) is 13.9 Å². The first-order chi connectivity index (χ1) is 17.6. The molecule has 3 rings (SSSR count). The van der Waals surface area contributed by atoms with Crippen LogP contribution >= 0.6 is 39.1 Å². The summed E-state index contributed by atoms with van der Waals surface area (Å²) >= 11 is 16.0. The van der Waals surface area contributed by atoms with E-state index >= 15 is 0 Å². The van der Waals surface area contributed by atoms with Crippen LogP contribution in [-0.2, 0) is 26.2 Å². The topological polar surface area (TPSA) is 86.8 Å². The van der Waals surface area contributed by atoms with E-state index in [2.05, 4.69) is 21.2 Å². The van der Waals surface area contributed by atoms with Gasteiger partial charge in [-0.25, -0.2) is 8.42 Å². The molecule has 2 amide bonds. The number of benzene rings is 3. The van der Waals surface area contributed by atoms with Crippen molar-refractivity contribution in [1.29, 1.82) is 0 Å². The van der Waals surface area contributed by atoms with Gasteiger partial charge in [0, 0.05) is 17.6 Å².